The van der Waals surface area contributed by atoms with Gasteiger partial charge in [-0.05, 0) is 17.7 Å². The summed E-state index contributed by atoms with van der Waals surface area (Å²) in [6.07, 6.45) is -7.29. The molecular weight excluding hydrogens is 315 g/mol. The number of benzene rings is 1. The number of rotatable bonds is 4. The van der Waals surface area contributed by atoms with E-state index in [9.17, 15) is 18.0 Å². The van der Waals surface area contributed by atoms with Crippen molar-refractivity contribution in [1.29, 1.82) is 0 Å². The van der Waals surface area contributed by atoms with Gasteiger partial charge in [-0.1, -0.05) is 28.1 Å². The zero-order valence-corrected chi connectivity index (χ0v) is 10.8. The SMILES string of the molecule is O=C(Cc1cccc(Br)c1)NCC(O)C(F)(F)F. The number of aliphatic hydroxyl groups excluding tert-OH is 1. The second-order valence-corrected chi connectivity index (χ2v) is 4.58. The molecule has 0 bridgehead atoms. The Morgan fingerprint density at radius 1 is 1.44 bits per heavy atom. The molecule has 0 spiro atoms. The van der Waals surface area contributed by atoms with E-state index in [4.69, 9.17) is 5.11 Å². The van der Waals surface area contributed by atoms with E-state index < -0.39 is 24.7 Å². The van der Waals surface area contributed by atoms with Crippen LogP contribution in [0.2, 0.25) is 0 Å². The Balaban J connectivity index is 2.43. The molecule has 1 unspecified atom stereocenters. The molecule has 7 heteroatoms. The highest BCUT2D eigenvalue weighted by atomic mass is 79.9. The average molecular weight is 326 g/mol. The van der Waals surface area contributed by atoms with Gasteiger partial charge >= 0.3 is 6.18 Å². The van der Waals surface area contributed by atoms with Gasteiger partial charge in [0.1, 0.15) is 0 Å². The van der Waals surface area contributed by atoms with Crippen LogP contribution in [0.4, 0.5) is 13.2 Å². The molecule has 100 valence electrons. The fraction of sp³-hybridized carbons (Fsp3) is 0.364. The molecule has 2 N–H and O–H groups in total. The van der Waals surface area contributed by atoms with Gasteiger partial charge in [0, 0.05) is 4.47 Å². The fourth-order valence-corrected chi connectivity index (χ4v) is 1.67. The number of carbonyl (C=O) groups excluding carboxylic acids is 1. The van der Waals surface area contributed by atoms with Gasteiger partial charge in [0.25, 0.3) is 0 Å². The quantitative estimate of drug-likeness (QED) is 0.890. The number of nitrogens with one attached hydrogen (secondary N) is 1. The summed E-state index contributed by atoms with van der Waals surface area (Å²) in [5.74, 6) is -0.573. The van der Waals surface area contributed by atoms with Gasteiger partial charge < -0.3 is 10.4 Å². The first-order valence-corrected chi connectivity index (χ1v) is 5.84. The van der Waals surface area contributed by atoms with Gasteiger partial charge in [0.15, 0.2) is 6.10 Å². The third kappa shape index (κ3) is 5.05. The van der Waals surface area contributed by atoms with Crippen LogP contribution in [-0.2, 0) is 11.2 Å². The van der Waals surface area contributed by atoms with Gasteiger partial charge in [0.05, 0.1) is 13.0 Å². The van der Waals surface area contributed by atoms with Crippen LogP contribution in [0.25, 0.3) is 0 Å². The highest BCUT2D eigenvalue weighted by Gasteiger charge is 2.38. The highest BCUT2D eigenvalue weighted by Crippen LogP contribution is 2.19. The Morgan fingerprint density at radius 3 is 2.67 bits per heavy atom. The van der Waals surface area contributed by atoms with Crippen LogP contribution in [0.15, 0.2) is 28.7 Å². The smallest absolute Gasteiger partial charge is 0.382 e. The molecule has 18 heavy (non-hydrogen) atoms. The molecule has 0 aromatic heterocycles. The standard InChI is InChI=1S/C11H11BrF3NO2/c12-8-3-1-2-7(4-8)5-10(18)16-6-9(17)11(13,14)15/h1-4,9,17H,5-6H2,(H,16,18). The zero-order valence-electron chi connectivity index (χ0n) is 9.17. The van der Waals surface area contributed by atoms with Gasteiger partial charge in [-0.15, -0.1) is 0 Å². The summed E-state index contributed by atoms with van der Waals surface area (Å²) < 4.78 is 36.7. The predicted octanol–water partition coefficient (Wildman–Crippen LogP) is 2.03. The summed E-state index contributed by atoms with van der Waals surface area (Å²) in [5.41, 5.74) is 0.670. The fourth-order valence-electron chi connectivity index (χ4n) is 1.22. The van der Waals surface area contributed by atoms with Crippen LogP contribution in [0.3, 0.4) is 0 Å². The molecule has 1 aromatic carbocycles. The first kappa shape index (κ1) is 15.0. The second kappa shape index (κ2) is 6.19. The summed E-state index contributed by atoms with van der Waals surface area (Å²) in [7, 11) is 0. The first-order valence-electron chi connectivity index (χ1n) is 5.05. The average Bonchev–Trinajstić information content (AvgIpc) is 2.24. The van der Waals surface area contributed by atoms with Crippen molar-refractivity contribution in [3.63, 3.8) is 0 Å². The van der Waals surface area contributed by atoms with E-state index >= 15 is 0 Å². The minimum Gasteiger partial charge on any atom is -0.382 e. The van der Waals surface area contributed by atoms with Gasteiger partial charge in [-0.25, -0.2) is 0 Å². The molecule has 1 rings (SSSR count). The number of alkyl halides is 3. The lowest BCUT2D eigenvalue weighted by Gasteiger charge is -2.14. The zero-order chi connectivity index (χ0) is 13.8. The van der Waals surface area contributed by atoms with Crippen molar-refractivity contribution < 1.29 is 23.1 Å². The summed E-state index contributed by atoms with van der Waals surface area (Å²) >= 11 is 3.22. The molecule has 1 atom stereocenters. The lowest BCUT2D eigenvalue weighted by molar-refractivity contribution is -0.201. The minimum atomic E-state index is -4.72. The maximum atomic E-state index is 12.0. The van der Waals surface area contributed by atoms with Crippen molar-refractivity contribution in [2.75, 3.05) is 6.54 Å². The van der Waals surface area contributed by atoms with Crippen molar-refractivity contribution in [2.24, 2.45) is 0 Å². The third-order valence-electron chi connectivity index (χ3n) is 2.12. The highest BCUT2D eigenvalue weighted by molar-refractivity contribution is 9.10. The first-order chi connectivity index (χ1) is 8.29. The molecule has 0 aliphatic heterocycles. The van der Waals surface area contributed by atoms with Crippen LogP contribution in [-0.4, -0.2) is 29.8 Å². The predicted molar refractivity (Wildman–Crippen MR) is 62.9 cm³/mol. The number of hydrogen-bond acceptors (Lipinski definition) is 2. The van der Waals surface area contributed by atoms with Crippen LogP contribution in [0, 0.1) is 0 Å². The lowest BCUT2D eigenvalue weighted by atomic mass is 10.1. The van der Waals surface area contributed by atoms with Crippen LogP contribution in [0.1, 0.15) is 5.56 Å². The monoisotopic (exact) mass is 325 g/mol. The summed E-state index contributed by atoms with van der Waals surface area (Å²) in [5, 5.41) is 10.7. The van der Waals surface area contributed by atoms with E-state index in [-0.39, 0.29) is 6.42 Å². The van der Waals surface area contributed by atoms with Crippen molar-refractivity contribution in [3.05, 3.63) is 34.3 Å². The Bertz CT molecular complexity index is 423. The Labute approximate surface area is 110 Å². The molecule has 0 aliphatic rings. The van der Waals surface area contributed by atoms with E-state index in [0.29, 0.717) is 5.56 Å². The molecular formula is C11H11BrF3NO2. The molecule has 0 heterocycles. The topological polar surface area (TPSA) is 49.3 Å². The maximum absolute atomic E-state index is 12.0. The molecule has 0 saturated carbocycles. The molecule has 0 radical (unpaired) electrons. The normalized spacial score (nSPS) is 13.2. The van der Waals surface area contributed by atoms with E-state index in [2.05, 4.69) is 15.9 Å². The Morgan fingerprint density at radius 2 is 2.11 bits per heavy atom. The lowest BCUT2D eigenvalue weighted by Crippen LogP contribution is -2.41. The van der Waals surface area contributed by atoms with Crippen LogP contribution < -0.4 is 5.32 Å². The minimum absolute atomic E-state index is 0.0377. The van der Waals surface area contributed by atoms with E-state index in [1.54, 1.807) is 24.3 Å². The number of amides is 1. The second-order valence-electron chi connectivity index (χ2n) is 3.67. The van der Waals surface area contributed by atoms with E-state index in [0.717, 1.165) is 4.47 Å². The number of aliphatic hydroxyl groups is 1. The number of carbonyl (C=O) groups is 1. The molecule has 3 nitrogen and oxygen atoms in total. The van der Waals surface area contributed by atoms with Gasteiger partial charge in [0.2, 0.25) is 5.91 Å². The molecule has 1 aromatic rings. The van der Waals surface area contributed by atoms with Gasteiger partial charge in [-0.3, -0.25) is 4.79 Å². The third-order valence-corrected chi connectivity index (χ3v) is 2.62. The number of hydrogen-bond donors (Lipinski definition) is 2. The Hall–Kier alpha value is -1.08. The number of halogens is 4. The molecule has 0 aliphatic carbocycles. The summed E-state index contributed by atoms with van der Waals surface area (Å²) in [6, 6.07) is 6.87. The largest absolute Gasteiger partial charge is 0.416 e. The maximum Gasteiger partial charge on any atom is 0.416 e. The van der Waals surface area contributed by atoms with E-state index in [1.165, 1.54) is 0 Å². The Kier molecular flexibility index (Phi) is 5.15. The van der Waals surface area contributed by atoms with Gasteiger partial charge in [-0.2, -0.15) is 13.2 Å². The van der Waals surface area contributed by atoms with E-state index in [1.807, 2.05) is 5.32 Å². The summed E-state index contributed by atoms with van der Waals surface area (Å²) in [6.45, 7) is -0.837. The molecule has 0 saturated heterocycles. The molecule has 1 amide bonds. The molecule has 0 fully saturated rings. The van der Waals surface area contributed by atoms with Crippen molar-refractivity contribution in [2.45, 2.75) is 18.7 Å². The van der Waals surface area contributed by atoms with Crippen molar-refractivity contribution >= 4 is 21.8 Å². The van der Waals surface area contributed by atoms with Crippen LogP contribution in [0.5, 0.6) is 0 Å². The van der Waals surface area contributed by atoms with Crippen molar-refractivity contribution in [1.82, 2.24) is 5.32 Å². The van der Waals surface area contributed by atoms with Crippen LogP contribution >= 0.6 is 15.9 Å². The summed E-state index contributed by atoms with van der Waals surface area (Å²) in [4.78, 5) is 11.4. The van der Waals surface area contributed by atoms with Crippen molar-refractivity contribution in [3.8, 4) is 0 Å².